The summed E-state index contributed by atoms with van der Waals surface area (Å²) in [6.45, 7) is 0.235. The van der Waals surface area contributed by atoms with Crippen molar-refractivity contribution in [2.24, 2.45) is 0 Å². The first-order chi connectivity index (χ1) is 12.3. The highest BCUT2D eigenvalue weighted by Crippen LogP contribution is 2.28. The molecule has 0 bridgehead atoms. The summed E-state index contributed by atoms with van der Waals surface area (Å²) in [4.78, 5) is 17.6. The quantitative estimate of drug-likeness (QED) is 0.708. The van der Waals surface area contributed by atoms with E-state index >= 15 is 0 Å². The molecule has 0 atom stereocenters. The van der Waals surface area contributed by atoms with Gasteiger partial charge in [-0.3, -0.25) is 4.98 Å². The molecule has 2 heterocycles. The minimum Gasteiger partial charge on any atom is -0.322 e. The molecule has 5 nitrogen and oxygen atoms in total. The van der Waals surface area contributed by atoms with Crippen molar-refractivity contribution in [2.75, 3.05) is 7.05 Å². The Morgan fingerprint density at radius 1 is 1.15 bits per heavy atom. The van der Waals surface area contributed by atoms with Gasteiger partial charge in [0, 0.05) is 32.2 Å². The van der Waals surface area contributed by atoms with E-state index < -0.39 is 17.8 Å². The molecule has 0 aliphatic rings. The van der Waals surface area contributed by atoms with Gasteiger partial charge >= 0.3 is 12.2 Å². The summed E-state index contributed by atoms with van der Waals surface area (Å²) in [6.07, 6.45) is 0.166. The largest absolute Gasteiger partial charge is 0.419 e. The average Bonchev–Trinajstić information content (AvgIpc) is 3.12. The van der Waals surface area contributed by atoms with Crippen molar-refractivity contribution in [2.45, 2.75) is 12.7 Å². The molecule has 0 radical (unpaired) electrons. The lowest BCUT2D eigenvalue weighted by Crippen LogP contribution is -2.31. The summed E-state index contributed by atoms with van der Waals surface area (Å²) >= 11 is 0. The molecular formula is C18H15F3N4O. The molecular weight excluding hydrogens is 345 g/mol. The Hall–Kier alpha value is -3.16. The standard InChI is InChI=1S/C18H15F3N4O/c1-24(17(26)25-12-16(10-23-25)18(19,20)21)11-13-3-2-4-15(9-13)14-5-7-22-8-6-14/h2-10,12H,11H2,1H3. The van der Waals surface area contributed by atoms with E-state index in [1.54, 1.807) is 12.4 Å². The van der Waals surface area contributed by atoms with Gasteiger partial charge in [0.2, 0.25) is 0 Å². The van der Waals surface area contributed by atoms with Crippen LogP contribution in [0, 0.1) is 0 Å². The monoisotopic (exact) mass is 360 g/mol. The lowest BCUT2D eigenvalue weighted by molar-refractivity contribution is -0.137. The average molecular weight is 360 g/mol. The molecule has 0 saturated carbocycles. The zero-order chi connectivity index (χ0) is 18.7. The molecule has 0 aliphatic carbocycles. The van der Waals surface area contributed by atoms with Gasteiger partial charge < -0.3 is 4.90 Å². The lowest BCUT2D eigenvalue weighted by Gasteiger charge is -2.17. The molecule has 134 valence electrons. The summed E-state index contributed by atoms with van der Waals surface area (Å²) in [5.74, 6) is 0. The predicted molar refractivity (Wildman–Crippen MR) is 89.2 cm³/mol. The van der Waals surface area contributed by atoms with Gasteiger partial charge in [0.1, 0.15) is 0 Å². The van der Waals surface area contributed by atoms with Gasteiger partial charge in [0.05, 0.1) is 11.8 Å². The van der Waals surface area contributed by atoms with Crippen LogP contribution in [0.15, 0.2) is 61.2 Å². The Morgan fingerprint density at radius 3 is 2.54 bits per heavy atom. The van der Waals surface area contributed by atoms with Crippen LogP contribution in [-0.2, 0) is 12.7 Å². The van der Waals surface area contributed by atoms with Crippen molar-refractivity contribution >= 4 is 6.03 Å². The van der Waals surface area contributed by atoms with Crippen LogP contribution >= 0.6 is 0 Å². The number of amides is 1. The highest BCUT2D eigenvalue weighted by molar-refractivity contribution is 5.75. The van der Waals surface area contributed by atoms with E-state index in [9.17, 15) is 18.0 Å². The number of halogens is 3. The van der Waals surface area contributed by atoms with Crippen molar-refractivity contribution in [1.29, 1.82) is 0 Å². The molecule has 0 N–H and O–H groups in total. The smallest absolute Gasteiger partial charge is 0.322 e. The summed E-state index contributed by atoms with van der Waals surface area (Å²) in [7, 11) is 1.51. The summed E-state index contributed by atoms with van der Waals surface area (Å²) in [5, 5.41) is 3.51. The molecule has 0 spiro atoms. The van der Waals surface area contributed by atoms with Crippen LogP contribution in [0.2, 0.25) is 0 Å². The summed E-state index contributed by atoms with van der Waals surface area (Å²) < 4.78 is 38.6. The fraction of sp³-hybridized carbons (Fsp3) is 0.167. The predicted octanol–water partition coefficient (Wildman–Crippen LogP) is 4.06. The summed E-state index contributed by atoms with van der Waals surface area (Å²) in [6, 6.07) is 10.7. The first-order valence-corrected chi connectivity index (χ1v) is 7.71. The third-order valence-corrected chi connectivity index (χ3v) is 3.79. The second-order valence-electron chi connectivity index (χ2n) is 5.75. The SMILES string of the molecule is CN(Cc1cccc(-c2ccncc2)c1)C(=O)n1cc(C(F)(F)F)cn1. The maximum absolute atomic E-state index is 12.6. The van der Waals surface area contributed by atoms with Gasteiger partial charge in [0.15, 0.2) is 0 Å². The van der Waals surface area contributed by atoms with Gasteiger partial charge in [0.25, 0.3) is 0 Å². The van der Waals surface area contributed by atoms with Crippen LogP contribution < -0.4 is 0 Å². The number of benzene rings is 1. The maximum atomic E-state index is 12.6. The summed E-state index contributed by atoms with van der Waals surface area (Å²) in [5.41, 5.74) is 1.83. The van der Waals surface area contributed by atoms with Gasteiger partial charge in [-0.1, -0.05) is 18.2 Å². The molecule has 1 amide bonds. The molecule has 3 aromatic rings. The van der Waals surface area contributed by atoms with Crippen molar-refractivity contribution < 1.29 is 18.0 Å². The molecule has 2 aromatic heterocycles. The molecule has 0 aliphatic heterocycles. The zero-order valence-electron chi connectivity index (χ0n) is 13.8. The van der Waals surface area contributed by atoms with Crippen LogP contribution in [0.4, 0.5) is 18.0 Å². The molecule has 0 fully saturated rings. The Balaban J connectivity index is 1.74. The Morgan fingerprint density at radius 2 is 1.88 bits per heavy atom. The fourth-order valence-corrected chi connectivity index (χ4v) is 2.48. The first-order valence-electron chi connectivity index (χ1n) is 7.71. The van der Waals surface area contributed by atoms with Crippen LogP contribution in [0.5, 0.6) is 0 Å². The van der Waals surface area contributed by atoms with Gasteiger partial charge in [-0.05, 0) is 34.9 Å². The fourth-order valence-electron chi connectivity index (χ4n) is 2.48. The molecule has 3 rings (SSSR count). The highest BCUT2D eigenvalue weighted by atomic mass is 19.4. The van der Waals surface area contributed by atoms with Crippen LogP contribution in [0.3, 0.4) is 0 Å². The Kier molecular flexibility index (Phi) is 4.75. The lowest BCUT2D eigenvalue weighted by atomic mass is 10.0. The normalized spacial score (nSPS) is 11.4. The van der Waals surface area contributed by atoms with Crippen molar-refractivity contribution in [1.82, 2.24) is 19.7 Å². The highest BCUT2D eigenvalue weighted by Gasteiger charge is 2.33. The Bertz CT molecular complexity index is 906. The van der Waals surface area contributed by atoms with E-state index in [-0.39, 0.29) is 6.54 Å². The minimum atomic E-state index is -4.53. The van der Waals surface area contributed by atoms with Gasteiger partial charge in [-0.15, -0.1) is 0 Å². The number of carbonyl (C=O) groups excluding carboxylic acids is 1. The second kappa shape index (κ2) is 6.99. The number of hydrogen-bond donors (Lipinski definition) is 0. The number of carbonyl (C=O) groups is 1. The van der Waals surface area contributed by atoms with E-state index in [2.05, 4.69) is 10.1 Å². The minimum absolute atomic E-state index is 0.235. The molecule has 8 heteroatoms. The number of pyridine rings is 1. The molecule has 26 heavy (non-hydrogen) atoms. The van der Waals surface area contributed by atoms with Crippen molar-refractivity contribution in [3.63, 3.8) is 0 Å². The second-order valence-corrected chi connectivity index (χ2v) is 5.75. The third kappa shape index (κ3) is 3.90. The third-order valence-electron chi connectivity index (χ3n) is 3.79. The molecule has 1 aromatic carbocycles. The number of alkyl halides is 3. The van der Waals surface area contributed by atoms with Crippen molar-refractivity contribution in [3.8, 4) is 11.1 Å². The van der Waals surface area contributed by atoms with Gasteiger partial charge in [-0.2, -0.15) is 23.0 Å². The molecule has 0 unspecified atom stereocenters. The van der Waals surface area contributed by atoms with Crippen LogP contribution in [0.25, 0.3) is 11.1 Å². The maximum Gasteiger partial charge on any atom is 0.419 e. The van der Waals surface area contributed by atoms with E-state index in [0.29, 0.717) is 17.1 Å². The van der Waals surface area contributed by atoms with E-state index in [1.165, 1.54) is 11.9 Å². The topological polar surface area (TPSA) is 51.0 Å². The van der Waals surface area contributed by atoms with E-state index in [4.69, 9.17) is 0 Å². The molecule has 0 saturated heterocycles. The van der Waals surface area contributed by atoms with Crippen LogP contribution in [-0.4, -0.2) is 32.7 Å². The van der Waals surface area contributed by atoms with Gasteiger partial charge in [-0.25, -0.2) is 4.79 Å². The first kappa shape index (κ1) is 17.7. The van der Waals surface area contributed by atoms with Crippen molar-refractivity contribution in [3.05, 3.63) is 72.3 Å². The number of nitrogens with zero attached hydrogens (tertiary/aromatic N) is 4. The zero-order valence-corrected chi connectivity index (χ0v) is 13.8. The van der Waals surface area contributed by atoms with Crippen LogP contribution in [0.1, 0.15) is 11.1 Å². The van der Waals surface area contributed by atoms with E-state index in [1.807, 2.05) is 36.4 Å². The number of hydrogen-bond acceptors (Lipinski definition) is 3. The number of aromatic nitrogens is 3. The van der Waals surface area contributed by atoms with E-state index in [0.717, 1.165) is 16.7 Å². The Labute approximate surface area is 147 Å². The number of rotatable bonds is 3.